The van der Waals surface area contributed by atoms with Gasteiger partial charge in [-0.25, -0.2) is 9.18 Å². The van der Waals surface area contributed by atoms with Gasteiger partial charge in [-0.05, 0) is 43.7 Å². The van der Waals surface area contributed by atoms with Gasteiger partial charge in [-0.15, -0.1) is 4.98 Å². The Labute approximate surface area is 217 Å². The van der Waals surface area contributed by atoms with Crippen molar-refractivity contribution in [3.8, 4) is 11.8 Å². The molecule has 3 aromatic rings. The number of ketones is 1. The molecule has 0 atom stereocenters. The van der Waals surface area contributed by atoms with Crippen LogP contribution in [0.5, 0.6) is 11.8 Å². The van der Waals surface area contributed by atoms with Gasteiger partial charge in [0.2, 0.25) is 5.95 Å². The van der Waals surface area contributed by atoms with Crippen molar-refractivity contribution >= 4 is 29.0 Å². The van der Waals surface area contributed by atoms with Crippen molar-refractivity contribution in [2.75, 3.05) is 25.1 Å². The van der Waals surface area contributed by atoms with E-state index in [1.54, 1.807) is 44.2 Å². The van der Waals surface area contributed by atoms with Crippen molar-refractivity contribution in [3.63, 3.8) is 0 Å². The topological polar surface area (TPSA) is 136 Å². The predicted molar refractivity (Wildman–Crippen MR) is 135 cm³/mol. The molecule has 0 aliphatic carbocycles. The first-order chi connectivity index (χ1) is 17.7. The van der Waals surface area contributed by atoms with Gasteiger partial charge >= 0.3 is 11.7 Å². The maximum absolute atomic E-state index is 14.6. The maximum Gasteiger partial charge on any atom is 0.355 e. The van der Waals surface area contributed by atoms with Crippen LogP contribution in [0.4, 0.5) is 16.0 Å². The number of nitrogens with one attached hydrogen (secondary N) is 1. The second kappa shape index (κ2) is 13.1. The largest absolute Gasteiger partial charge is 0.488 e. The monoisotopic (exact) mass is 534 g/mol. The molecule has 10 nitrogen and oxygen atoms in total. The minimum Gasteiger partial charge on any atom is -0.488 e. The number of anilines is 2. The lowest BCUT2D eigenvalue weighted by molar-refractivity contribution is -0.122. The third-order valence-electron chi connectivity index (χ3n) is 5.08. The first-order valence-electron chi connectivity index (χ1n) is 11.5. The van der Waals surface area contributed by atoms with E-state index >= 15 is 0 Å². The maximum atomic E-state index is 14.6. The number of Topliss-reactive ketones (excluding diaryl/α,β-unsaturated/α-hetero) is 1. The van der Waals surface area contributed by atoms with Crippen molar-refractivity contribution in [2.24, 2.45) is 5.92 Å². The minimum absolute atomic E-state index is 0.00193. The molecule has 0 fully saturated rings. The van der Waals surface area contributed by atoms with Crippen LogP contribution in [-0.4, -0.2) is 56.5 Å². The van der Waals surface area contributed by atoms with E-state index in [1.165, 1.54) is 16.7 Å². The molecule has 0 amide bonds. The zero-order valence-corrected chi connectivity index (χ0v) is 21.1. The zero-order chi connectivity index (χ0) is 26.9. The van der Waals surface area contributed by atoms with Gasteiger partial charge in [-0.1, -0.05) is 23.7 Å². The fourth-order valence-corrected chi connectivity index (χ4v) is 3.38. The summed E-state index contributed by atoms with van der Waals surface area (Å²) in [6.45, 7) is 2.45. The molecular weight excluding hydrogens is 507 g/mol. The highest BCUT2D eigenvalue weighted by Crippen LogP contribution is 2.24. The fourth-order valence-electron chi connectivity index (χ4n) is 3.25. The van der Waals surface area contributed by atoms with Gasteiger partial charge in [0.1, 0.15) is 6.61 Å². The van der Waals surface area contributed by atoms with Crippen LogP contribution in [0.2, 0.25) is 5.02 Å². The molecule has 1 aromatic heterocycles. The molecule has 3 N–H and O–H groups in total. The van der Waals surface area contributed by atoms with Gasteiger partial charge in [0.25, 0.3) is 0 Å². The minimum atomic E-state index is -0.723. The summed E-state index contributed by atoms with van der Waals surface area (Å²) in [7, 11) is 0. The Balaban J connectivity index is 1.89. The van der Waals surface area contributed by atoms with Crippen LogP contribution in [0.1, 0.15) is 25.8 Å². The van der Waals surface area contributed by atoms with Crippen molar-refractivity contribution in [1.82, 2.24) is 14.5 Å². The number of ether oxygens (including phenoxy) is 2. The molecular formula is C25H28ClFN4O6. The zero-order valence-electron chi connectivity index (χ0n) is 20.4. The lowest BCUT2D eigenvalue weighted by Crippen LogP contribution is -2.28. The second-order valence-corrected chi connectivity index (χ2v) is 8.96. The molecule has 0 bridgehead atoms. The van der Waals surface area contributed by atoms with Crippen LogP contribution in [0.3, 0.4) is 0 Å². The molecule has 0 saturated heterocycles. The summed E-state index contributed by atoms with van der Waals surface area (Å²) < 4.78 is 26.5. The predicted octanol–water partition coefficient (Wildman–Crippen LogP) is 2.95. The number of aromatic nitrogens is 3. The Bertz CT molecular complexity index is 1270. The van der Waals surface area contributed by atoms with E-state index in [1.807, 2.05) is 0 Å². The molecule has 198 valence electrons. The molecule has 0 spiro atoms. The summed E-state index contributed by atoms with van der Waals surface area (Å²) in [6, 6.07) is 10.7. The number of rotatable bonds is 13. The third-order valence-corrected chi connectivity index (χ3v) is 5.33. The van der Waals surface area contributed by atoms with Crippen LogP contribution in [0.15, 0.2) is 47.3 Å². The van der Waals surface area contributed by atoms with Gasteiger partial charge < -0.3 is 25.0 Å². The van der Waals surface area contributed by atoms with Crippen LogP contribution < -0.4 is 20.5 Å². The molecule has 0 unspecified atom stereocenters. The molecule has 0 radical (unpaired) electrons. The molecule has 0 saturated carbocycles. The third kappa shape index (κ3) is 8.24. The van der Waals surface area contributed by atoms with Crippen LogP contribution in [-0.2, 0) is 11.3 Å². The smallest absolute Gasteiger partial charge is 0.355 e. The van der Waals surface area contributed by atoms with E-state index in [9.17, 15) is 14.0 Å². The van der Waals surface area contributed by atoms with Gasteiger partial charge in [-0.2, -0.15) is 4.98 Å². The van der Waals surface area contributed by atoms with Gasteiger partial charge in [0.05, 0.1) is 12.6 Å². The van der Waals surface area contributed by atoms with Gasteiger partial charge in [-0.3, -0.25) is 9.36 Å². The lowest BCUT2D eigenvalue weighted by Gasteiger charge is -2.16. The number of aliphatic hydroxyl groups excluding tert-OH is 2. The van der Waals surface area contributed by atoms with E-state index in [-0.39, 0.29) is 55.7 Å². The first-order valence-corrected chi connectivity index (χ1v) is 11.9. The molecule has 3 rings (SSSR count). The highest BCUT2D eigenvalue weighted by atomic mass is 35.5. The quantitative estimate of drug-likeness (QED) is 0.302. The lowest BCUT2D eigenvalue weighted by atomic mass is 10.1. The summed E-state index contributed by atoms with van der Waals surface area (Å²) in [5.41, 5.74) is 0.291. The summed E-state index contributed by atoms with van der Waals surface area (Å²) in [5, 5.41) is 21.7. The Morgan fingerprint density at radius 3 is 2.46 bits per heavy atom. The van der Waals surface area contributed by atoms with Crippen LogP contribution >= 0.6 is 11.6 Å². The van der Waals surface area contributed by atoms with Crippen molar-refractivity contribution in [1.29, 1.82) is 0 Å². The molecule has 37 heavy (non-hydrogen) atoms. The first kappa shape index (κ1) is 28.0. The normalized spacial score (nSPS) is 11.1. The second-order valence-electron chi connectivity index (χ2n) is 8.52. The summed E-state index contributed by atoms with van der Waals surface area (Å²) in [5.74, 6) is -1.56. The number of hydrogen-bond donors (Lipinski definition) is 3. The number of aliphatic hydroxyl groups is 2. The summed E-state index contributed by atoms with van der Waals surface area (Å²) in [4.78, 5) is 33.1. The standard InChI is InChI=1S/C25H28ClFN4O6/c1-15(2)37-22-8-7-19(10-21(22)27)28-23-29-24(36-14-20(34)9-17(12-32)13-33)30-25(35)31(23)11-16-3-5-18(26)6-4-16/h3-8,10,15,17,32-33H,9,11-14H2,1-2H3,(H,28,29,30,35). The molecule has 1 heterocycles. The average molecular weight is 535 g/mol. The highest BCUT2D eigenvalue weighted by molar-refractivity contribution is 6.30. The van der Waals surface area contributed by atoms with Gasteiger partial charge in [0, 0.05) is 42.3 Å². The average Bonchev–Trinajstić information content (AvgIpc) is 2.86. The van der Waals surface area contributed by atoms with Crippen LogP contribution in [0, 0.1) is 11.7 Å². The Morgan fingerprint density at radius 2 is 1.84 bits per heavy atom. The van der Waals surface area contributed by atoms with Crippen LogP contribution in [0.25, 0.3) is 0 Å². The van der Waals surface area contributed by atoms with Crippen molar-refractivity contribution < 1.29 is 28.9 Å². The fraction of sp³-hybridized carbons (Fsp3) is 0.360. The molecule has 2 aromatic carbocycles. The summed E-state index contributed by atoms with van der Waals surface area (Å²) >= 11 is 5.95. The van der Waals surface area contributed by atoms with Crippen molar-refractivity contribution in [3.05, 3.63) is 69.4 Å². The Hall–Kier alpha value is -3.54. The number of carbonyl (C=O) groups is 1. The number of benzene rings is 2. The highest BCUT2D eigenvalue weighted by Gasteiger charge is 2.17. The Kier molecular flexibility index (Phi) is 9.95. The van der Waals surface area contributed by atoms with E-state index in [0.29, 0.717) is 5.02 Å². The van der Waals surface area contributed by atoms with E-state index in [2.05, 4.69) is 15.3 Å². The number of hydrogen-bond acceptors (Lipinski definition) is 9. The van der Waals surface area contributed by atoms with E-state index in [0.717, 1.165) is 5.56 Å². The number of nitrogens with zero attached hydrogens (tertiary/aromatic N) is 3. The molecule has 0 aliphatic rings. The molecule has 12 heteroatoms. The van der Waals surface area contributed by atoms with E-state index in [4.69, 9.17) is 31.3 Å². The van der Waals surface area contributed by atoms with E-state index < -0.39 is 29.8 Å². The number of carbonyl (C=O) groups excluding carboxylic acids is 1. The van der Waals surface area contributed by atoms with Crippen molar-refractivity contribution in [2.45, 2.75) is 32.9 Å². The van der Waals surface area contributed by atoms with Gasteiger partial charge in [0.15, 0.2) is 17.3 Å². The summed E-state index contributed by atoms with van der Waals surface area (Å²) in [6.07, 6.45) is -0.331. The number of halogens is 2. The molecule has 0 aliphatic heterocycles. The Morgan fingerprint density at radius 1 is 1.14 bits per heavy atom. The SMILES string of the molecule is CC(C)Oc1ccc(Nc2nc(OCC(=O)CC(CO)CO)nc(=O)n2Cc2ccc(Cl)cc2)cc1F.